The van der Waals surface area contributed by atoms with Crippen LogP contribution in [0.15, 0.2) is 53.0 Å². The van der Waals surface area contributed by atoms with Crippen LogP contribution in [-0.4, -0.2) is 15.7 Å². The third-order valence-corrected chi connectivity index (χ3v) is 5.23. The van der Waals surface area contributed by atoms with Crippen molar-refractivity contribution in [3.05, 3.63) is 75.5 Å². The number of nitrogens with one attached hydrogen (secondary N) is 1. The number of carbonyl (C=O) groups excluding carboxylic acids is 1. The molecular weight excluding hydrogens is 463 g/mol. The number of halogens is 4. The van der Waals surface area contributed by atoms with Crippen LogP contribution in [0.4, 0.5) is 13.2 Å². The summed E-state index contributed by atoms with van der Waals surface area (Å²) < 4.78 is 45.6. The number of carbonyl (C=O) groups is 1. The Bertz CT molecular complexity index is 1030. The first kappa shape index (κ1) is 21.9. The number of nitrogens with zero attached hydrogens (tertiary/aromatic N) is 2. The summed E-state index contributed by atoms with van der Waals surface area (Å²) in [4.78, 5) is 12.5. The molecule has 158 valence electrons. The van der Waals surface area contributed by atoms with Gasteiger partial charge in [-0.2, -0.15) is 18.3 Å². The number of hydrogen-bond donors (Lipinski definition) is 1. The maximum atomic E-state index is 12.6. The van der Waals surface area contributed by atoms with Crippen molar-refractivity contribution in [3.63, 3.8) is 0 Å². The molecule has 0 saturated carbocycles. The maximum Gasteiger partial charge on any atom is 0.416 e. The van der Waals surface area contributed by atoms with Gasteiger partial charge in [0.25, 0.3) is 5.91 Å². The van der Waals surface area contributed by atoms with E-state index in [9.17, 15) is 18.0 Å². The smallest absolute Gasteiger partial charge is 0.416 e. The van der Waals surface area contributed by atoms with Gasteiger partial charge in [0.2, 0.25) is 0 Å². The van der Waals surface area contributed by atoms with Crippen molar-refractivity contribution in [1.82, 2.24) is 15.1 Å². The number of rotatable bonds is 6. The zero-order chi connectivity index (χ0) is 21.9. The largest absolute Gasteiger partial charge is 0.457 e. The Morgan fingerprint density at radius 3 is 2.17 bits per heavy atom. The Labute approximate surface area is 180 Å². The van der Waals surface area contributed by atoms with Crippen LogP contribution < -0.4 is 10.1 Å². The van der Waals surface area contributed by atoms with Crippen molar-refractivity contribution in [2.24, 2.45) is 7.05 Å². The minimum Gasteiger partial charge on any atom is -0.457 e. The van der Waals surface area contributed by atoms with Crippen molar-refractivity contribution < 1.29 is 22.7 Å². The molecule has 0 atom stereocenters. The molecule has 1 amide bonds. The molecule has 0 spiro atoms. The number of aromatic nitrogens is 2. The van der Waals surface area contributed by atoms with E-state index < -0.39 is 11.7 Å². The van der Waals surface area contributed by atoms with Gasteiger partial charge < -0.3 is 10.1 Å². The number of aryl methyl sites for hydroxylation is 2. The van der Waals surface area contributed by atoms with Crippen molar-refractivity contribution in [1.29, 1.82) is 0 Å². The predicted molar refractivity (Wildman–Crippen MR) is 109 cm³/mol. The average Bonchev–Trinajstić information content (AvgIpc) is 3.00. The highest BCUT2D eigenvalue weighted by atomic mass is 79.9. The molecular formula is C21H19BrF3N3O2. The van der Waals surface area contributed by atoms with E-state index in [4.69, 9.17) is 4.74 Å². The zero-order valence-corrected chi connectivity index (χ0v) is 17.8. The second kappa shape index (κ2) is 8.91. The van der Waals surface area contributed by atoms with Gasteiger partial charge in [-0.1, -0.05) is 19.1 Å². The van der Waals surface area contributed by atoms with E-state index in [1.54, 1.807) is 36.0 Å². The van der Waals surface area contributed by atoms with E-state index in [-0.39, 0.29) is 5.91 Å². The van der Waals surface area contributed by atoms with Gasteiger partial charge in [0.15, 0.2) is 0 Å². The predicted octanol–water partition coefficient (Wildman–Crippen LogP) is 5.49. The minimum atomic E-state index is -4.38. The molecule has 0 aliphatic heterocycles. The first-order valence-corrected chi connectivity index (χ1v) is 9.92. The lowest BCUT2D eigenvalue weighted by molar-refractivity contribution is -0.137. The summed E-state index contributed by atoms with van der Waals surface area (Å²) in [5.41, 5.74) is 1.38. The number of amides is 1. The Morgan fingerprint density at radius 1 is 1.10 bits per heavy atom. The van der Waals surface area contributed by atoms with E-state index >= 15 is 0 Å². The Morgan fingerprint density at radius 2 is 1.67 bits per heavy atom. The summed E-state index contributed by atoms with van der Waals surface area (Å²) in [7, 11) is 1.71. The monoisotopic (exact) mass is 481 g/mol. The second-order valence-corrected chi connectivity index (χ2v) is 7.33. The summed E-state index contributed by atoms with van der Waals surface area (Å²) in [5.74, 6) is 0.533. The fourth-order valence-electron chi connectivity index (χ4n) is 2.82. The summed E-state index contributed by atoms with van der Waals surface area (Å²) in [6.45, 7) is 2.27. The lowest BCUT2D eigenvalue weighted by atomic mass is 10.2. The Hall–Kier alpha value is -2.81. The van der Waals surface area contributed by atoms with Crippen LogP contribution in [0.25, 0.3) is 0 Å². The van der Waals surface area contributed by atoms with Gasteiger partial charge in [-0.15, -0.1) is 0 Å². The highest BCUT2D eigenvalue weighted by Crippen LogP contribution is 2.31. The second-order valence-electron chi connectivity index (χ2n) is 6.54. The average molecular weight is 482 g/mol. The fraction of sp³-hybridized carbons (Fsp3) is 0.238. The van der Waals surface area contributed by atoms with E-state index in [0.717, 1.165) is 23.4 Å². The van der Waals surface area contributed by atoms with Gasteiger partial charge in [-0.25, -0.2) is 0 Å². The van der Waals surface area contributed by atoms with Gasteiger partial charge >= 0.3 is 6.18 Å². The lowest BCUT2D eigenvalue weighted by Crippen LogP contribution is -2.25. The normalized spacial score (nSPS) is 11.4. The summed E-state index contributed by atoms with van der Waals surface area (Å²) in [6.07, 6.45) is -3.67. The van der Waals surface area contributed by atoms with Crippen LogP contribution >= 0.6 is 15.9 Å². The van der Waals surface area contributed by atoms with Crippen LogP contribution in [-0.2, 0) is 26.2 Å². The van der Waals surface area contributed by atoms with E-state index in [0.29, 0.717) is 34.6 Å². The van der Waals surface area contributed by atoms with Crippen molar-refractivity contribution in [2.75, 3.05) is 0 Å². The summed E-state index contributed by atoms with van der Waals surface area (Å²) in [6, 6.07) is 11.4. The summed E-state index contributed by atoms with van der Waals surface area (Å²) in [5, 5.41) is 7.15. The number of ether oxygens (including phenoxy) is 1. The van der Waals surface area contributed by atoms with Crippen molar-refractivity contribution in [2.45, 2.75) is 26.1 Å². The number of hydrogen-bond acceptors (Lipinski definition) is 3. The fourth-order valence-corrected chi connectivity index (χ4v) is 3.61. The first-order chi connectivity index (χ1) is 14.2. The molecule has 3 aromatic rings. The molecule has 0 radical (unpaired) electrons. The van der Waals surface area contributed by atoms with E-state index in [1.807, 2.05) is 6.92 Å². The molecule has 0 saturated heterocycles. The van der Waals surface area contributed by atoms with E-state index in [1.165, 1.54) is 12.1 Å². The maximum absolute atomic E-state index is 12.6. The highest BCUT2D eigenvalue weighted by molar-refractivity contribution is 9.10. The van der Waals surface area contributed by atoms with Gasteiger partial charge in [-0.05, 0) is 64.3 Å². The topological polar surface area (TPSA) is 56.2 Å². The standard InChI is InChI=1S/C21H19BrF3N3O2/c1-3-17-18(22)19(28(2)27-17)20(29)26-12-13-4-8-15(9-5-13)30-16-10-6-14(7-11-16)21(23,24)25/h4-11H,3,12H2,1-2H3,(H,26,29). The molecule has 0 aliphatic carbocycles. The lowest BCUT2D eigenvalue weighted by Gasteiger charge is -2.10. The molecule has 0 bridgehead atoms. The van der Waals surface area contributed by atoms with Crippen molar-refractivity contribution in [3.8, 4) is 11.5 Å². The molecule has 0 aliphatic rings. The Kier molecular flexibility index (Phi) is 6.50. The van der Waals surface area contributed by atoms with Gasteiger partial charge in [0.05, 0.1) is 15.7 Å². The van der Waals surface area contributed by atoms with Crippen LogP contribution in [0.3, 0.4) is 0 Å². The SMILES string of the molecule is CCc1nn(C)c(C(=O)NCc2ccc(Oc3ccc(C(F)(F)F)cc3)cc2)c1Br. The molecule has 0 unspecified atom stereocenters. The third-order valence-electron chi connectivity index (χ3n) is 4.40. The quantitative estimate of drug-likeness (QED) is 0.506. The van der Waals surface area contributed by atoms with Crippen LogP contribution in [0.2, 0.25) is 0 Å². The number of benzene rings is 2. The van der Waals surface area contributed by atoms with Crippen molar-refractivity contribution >= 4 is 21.8 Å². The molecule has 2 aromatic carbocycles. The minimum absolute atomic E-state index is 0.248. The number of alkyl halides is 3. The molecule has 5 nitrogen and oxygen atoms in total. The van der Waals surface area contributed by atoms with Crippen LogP contribution in [0.5, 0.6) is 11.5 Å². The zero-order valence-electron chi connectivity index (χ0n) is 16.3. The van der Waals surface area contributed by atoms with Crippen LogP contribution in [0, 0.1) is 0 Å². The van der Waals surface area contributed by atoms with Crippen LogP contribution in [0.1, 0.15) is 34.2 Å². The summed E-state index contributed by atoms with van der Waals surface area (Å²) >= 11 is 3.42. The molecule has 1 aromatic heterocycles. The molecule has 3 rings (SSSR count). The molecule has 0 fully saturated rings. The third kappa shape index (κ3) is 5.02. The molecule has 30 heavy (non-hydrogen) atoms. The van der Waals surface area contributed by atoms with E-state index in [2.05, 4.69) is 26.3 Å². The highest BCUT2D eigenvalue weighted by Gasteiger charge is 2.30. The van der Waals surface area contributed by atoms with Gasteiger partial charge in [-0.3, -0.25) is 9.48 Å². The van der Waals surface area contributed by atoms with Gasteiger partial charge in [0.1, 0.15) is 17.2 Å². The Balaban J connectivity index is 1.60. The molecule has 1 N–H and O–H groups in total. The first-order valence-electron chi connectivity index (χ1n) is 9.12. The van der Waals surface area contributed by atoms with Gasteiger partial charge in [0, 0.05) is 13.6 Å². The molecule has 9 heteroatoms. The molecule has 1 heterocycles.